The molecule has 0 saturated heterocycles. The lowest BCUT2D eigenvalue weighted by atomic mass is 10.2. The third-order valence-corrected chi connectivity index (χ3v) is 2.75. The number of hydrogen-bond acceptors (Lipinski definition) is 6. The Morgan fingerprint density at radius 3 is 2.95 bits per heavy atom. The summed E-state index contributed by atoms with van der Waals surface area (Å²) >= 11 is 5.70. The quantitative estimate of drug-likeness (QED) is 0.798. The summed E-state index contributed by atoms with van der Waals surface area (Å²) in [5, 5.41) is 10.3. The molecule has 1 amide bonds. The molecular weight excluding hydrogens is 294 g/mol. The van der Waals surface area contributed by atoms with Crippen LogP contribution in [0.2, 0.25) is 5.15 Å². The van der Waals surface area contributed by atoms with Crippen molar-refractivity contribution in [3.63, 3.8) is 0 Å². The number of halogens is 1. The van der Waals surface area contributed by atoms with Crippen LogP contribution < -0.4 is 5.32 Å². The molecule has 0 unspecified atom stereocenters. The topological polar surface area (TPSA) is 93.8 Å². The standard InChI is InChI=1S/C13H8ClN5O2/c14-11-6-15-5-10(18-11)12(20)17-9-3-1-2-8(4-9)13-19-16-7-21-13/h1-7H,(H,17,20). The minimum atomic E-state index is -0.410. The highest BCUT2D eigenvalue weighted by molar-refractivity contribution is 6.29. The molecule has 3 rings (SSSR count). The summed E-state index contributed by atoms with van der Waals surface area (Å²) < 4.78 is 5.11. The summed E-state index contributed by atoms with van der Waals surface area (Å²) in [6.07, 6.45) is 3.93. The number of carbonyl (C=O) groups is 1. The van der Waals surface area contributed by atoms with Crippen LogP contribution in [0.4, 0.5) is 5.69 Å². The zero-order chi connectivity index (χ0) is 14.7. The van der Waals surface area contributed by atoms with Crippen LogP contribution in [0.25, 0.3) is 11.5 Å². The monoisotopic (exact) mass is 301 g/mol. The van der Waals surface area contributed by atoms with Gasteiger partial charge in [0.05, 0.1) is 12.4 Å². The van der Waals surface area contributed by atoms with Crippen LogP contribution in [0, 0.1) is 0 Å². The van der Waals surface area contributed by atoms with Crippen LogP contribution in [0.15, 0.2) is 47.5 Å². The number of carbonyl (C=O) groups excluding carboxylic acids is 1. The normalized spacial score (nSPS) is 10.3. The molecule has 2 heterocycles. The summed E-state index contributed by atoms with van der Waals surface area (Å²) in [7, 11) is 0. The van der Waals surface area contributed by atoms with Crippen molar-refractivity contribution in [3.05, 3.63) is 53.9 Å². The maximum atomic E-state index is 12.0. The first kappa shape index (κ1) is 13.2. The van der Waals surface area contributed by atoms with E-state index in [1.165, 1.54) is 18.8 Å². The van der Waals surface area contributed by atoms with Crippen LogP contribution in [0.1, 0.15) is 10.5 Å². The van der Waals surface area contributed by atoms with Gasteiger partial charge in [-0.2, -0.15) is 0 Å². The lowest BCUT2D eigenvalue weighted by molar-refractivity contribution is 0.102. The summed E-state index contributed by atoms with van der Waals surface area (Å²) in [4.78, 5) is 19.7. The molecule has 0 atom stereocenters. The largest absolute Gasteiger partial charge is 0.423 e. The molecule has 0 fully saturated rings. The van der Waals surface area contributed by atoms with Gasteiger partial charge in [0.25, 0.3) is 5.91 Å². The number of nitrogens with one attached hydrogen (secondary N) is 1. The van der Waals surface area contributed by atoms with Gasteiger partial charge in [0.2, 0.25) is 12.3 Å². The van der Waals surface area contributed by atoms with Crippen molar-refractivity contribution in [1.82, 2.24) is 20.2 Å². The Morgan fingerprint density at radius 2 is 2.19 bits per heavy atom. The van der Waals surface area contributed by atoms with Gasteiger partial charge in [-0.3, -0.25) is 9.78 Å². The Labute approximate surface area is 124 Å². The number of nitrogens with zero attached hydrogens (tertiary/aromatic N) is 4. The van der Waals surface area contributed by atoms with Gasteiger partial charge in [0, 0.05) is 11.3 Å². The van der Waals surface area contributed by atoms with E-state index in [1.54, 1.807) is 24.3 Å². The van der Waals surface area contributed by atoms with Gasteiger partial charge in [0.1, 0.15) is 10.8 Å². The highest BCUT2D eigenvalue weighted by atomic mass is 35.5. The number of rotatable bonds is 3. The van der Waals surface area contributed by atoms with Crippen molar-refractivity contribution in [3.8, 4) is 11.5 Å². The molecule has 2 aromatic heterocycles. The fourth-order valence-electron chi connectivity index (χ4n) is 1.68. The number of amides is 1. The van der Waals surface area contributed by atoms with Crippen molar-refractivity contribution in [1.29, 1.82) is 0 Å². The number of benzene rings is 1. The molecule has 0 spiro atoms. The SMILES string of the molecule is O=C(Nc1cccc(-c2nnco2)c1)c1cncc(Cl)n1. The molecule has 0 saturated carbocycles. The van der Waals surface area contributed by atoms with Crippen LogP contribution in [-0.2, 0) is 0 Å². The maximum Gasteiger partial charge on any atom is 0.275 e. The Bertz CT molecular complexity index is 776. The second-order valence-electron chi connectivity index (χ2n) is 4.01. The molecule has 104 valence electrons. The lowest BCUT2D eigenvalue weighted by Crippen LogP contribution is -2.14. The molecule has 8 heteroatoms. The van der Waals surface area contributed by atoms with E-state index < -0.39 is 5.91 Å². The van der Waals surface area contributed by atoms with E-state index in [2.05, 4.69) is 25.5 Å². The molecule has 21 heavy (non-hydrogen) atoms. The zero-order valence-corrected chi connectivity index (χ0v) is 11.3. The number of anilines is 1. The van der Waals surface area contributed by atoms with Gasteiger partial charge in [-0.05, 0) is 18.2 Å². The van der Waals surface area contributed by atoms with E-state index in [9.17, 15) is 4.79 Å². The van der Waals surface area contributed by atoms with E-state index >= 15 is 0 Å². The first-order valence-corrected chi connectivity index (χ1v) is 6.26. The van der Waals surface area contributed by atoms with Crippen molar-refractivity contribution < 1.29 is 9.21 Å². The Balaban J connectivity index is 1.82. The van der Waals surface area contributed by atoms with Crippen LogP contribution in [-0.4, -0.2) is 26.1 Å². The molecule has 0 radical (unpaired) electrons. The molecule has 7 nitrogen and oxygen atoms in total. The summed E-state index contributed by atoms with van der Waals surface area (Å²) in [6.45, 7) is 0. The van der Waals surface area contributed by atoms with Gasteiger partial charge in [-0.25, -0.2) is 4.98 Å². The van der Waals surface area contributed by atoms with Gasteiger partial charge in [-0.1, -0.05) is 17.7 Å². The van der Waals surface area contributed by atoms with Gasteiger partial charge < -0.3 is 9.73 Å². The fourth-order valence-corrected chi connectivity index (χ4v) is 1.82. The van der Waals surface area contributed by atoms with Gasteiger partial charge in [0.15, 0.2) is 0 Å². The van der Waals surface area contributed by atoms with Crippen LogP contribution in [0.5, 0.6) is 0 Å². The second-order valence-corrected chi connectivity index (χ2v) is 4.39. The summed E-state index contributed by atoms with van der Waals surface area (Å²) in [6, 6.07) is 7.00. The van der Waals surface area contributed by atoms with E-state index in [0.717, 1.165) is 0 Å². The third-order valence-electron chi connectivity index (χ3n) is 2.57. The maximum absolute atomic E-state index is 12.0. The first-order chi connectivity index (χ1) is 10.2. The van der Waals surface area contributed by atoms with Crippen molar-refractivity contribution in [2.75, 3.05) is 5.32 Å². The van der Waals surface area contributed by atoms with Crippen molar-refractivity contribution in [2.24, 2.45) is 0 Å². The zero-order valence-electron chi connectivity index (χ0n) is 10.5. The second kappa shape index (κ2) is 5.68. The minimum Gasteiger partial charge on any atom is -0.423 e. The molecule has 3 aromatic rings. The van der Waals surface area contributed by atoms with Crippen LogP contribution in [0.3, 0.4) is 0 Å². The average Bonchev–Trinajstić information content (AvgIpc) is 3.02. The predicted molar refractivity (Wildman–Crippen MR) is 74.7 cm³/mol. The van der Waals surface area contributed by atoms with Crippen LogP contribution >= 0.6 is 11.6 Å². The Hall–Kier alpha value is -2.80. The molecule has 0 aliphatic rings. The highest BCUT2D eigenvalue weighted by Gasteiger charge is 2.10. The minimum absolute atomic E-state index is 0.130. The van der Waals surface area contributed by atoms with E-state index in [-0.39, 0.29) is 10.8 Å². The first-order valence-electron chi connectivity index (χ1n) is 5.88. The van der Waals surface area contributed by atoms with Gasteiger partial charge >= 0.3 is 0 Å². The summed E-state index contributed by atoms with van der Waals surface area (Å²) in [5.74, 6) is -0.0404. The summed E-state index contributed by atoms with van der Waals surface area (Å²) in [5.41, 5.74) is 1.39. The van der Waals surface area contributed by atoms with E-state index in [1.807, 2.05) is 0 Å². The molecular formula is C13H8ClN5O2. The van der Waals surface area contributed by atoms with Crippen molar-refractivity contribution in [2.45, 2.75) is 0 Å². The Kier molecular flexibility index (Phi) is 3.57. The molecule has 0 bridgehead atoms. The average molecular weight is 302 g/mol. The predicted octanol–water partition coefficient (Wildman–Crippen LogP) is 2.43. The molecule has 1 N–H and O–H groups in total. The van der Waals surface area contributed by atoms with E-state index in [4.69, 9.17) is 16.0 Å². The van der Waals surface area contributed by atoms with Gasteiger partial charge in [-0.15, -0.1) is 10.2 Å². The molecule has 0 aliphatic carbocycles. The lowest BCUT2D eigenvalue weighted by Gasteiger charge is -2.05. The highest BCUT2D eigenvalue weighted by Crippen LogP contribution is 2.20. The fraction of sp³-hybridized carbons (Fsp3) is 0. The number of aromatic nitrogens is 4. The molecule has 0 aliphatic heterocycles. The number of hydrogen-bond donors (Lipinski definition) is 1. The third kappa shape index (κ3) is 3.03. The van der Waals surface area contributed by atoms with E-state index in [0.29, 0.717) is 17.1 Å². The smallest absolute Gasteiger partial charge is 0.275 e. The Morgan fingerprint density at radius 1 is 1.29 bits per heavy atom. The van der Waals surface area contributed by atoms with Crippen molar-refractivity contribution >= 4 is 23.2 Å². The molecule has 1 aromatic carbocycles.